The van der Waals surface area contributed by atoms with Gasteiger partial charge in [-0.25, -0.2) is 17.8 Å². The summed E-state index contributed by atoms with van der Waals surface area (Å²) in [5.74, 6) is 0.389. The van der Waals surface area contributed by atoms with E-state index in [-0.39, 0.29) is 10.7 Å². The fourth-order valence-corrected chi connectivity index (χ4v) is 4.13. The van der Waals surface area contributed by atoms with E-state index in [2.05, 4.69) is 10.3 Å². The largest absolute Gasteiger partial charge is 0.272 e. The third-order valence-electron chi connectivity index (χ3n) is 4.10. The number of aromatic amines is 1. The molecule has 3 aromatic rings. The van der Waals surface area contributed by atoms with Crippen LogP contribution >= 0.6 is 0 Å². The predicted octanol–water partition coefficient (Wildman–Crippen LogP) is 3.47. The minimum absolute atomic E-state index is 0.181. The molecule has 0 radical (unpaired) electrons. The van der Waals surface area contributed by atoms with Crippen LogP contribution in [0.5, 0.6) is 0 Å². The van der Waals surface area contributed by atoms with E-state index in [1.807, 2.05) is 18.2 Å². The van der Waals surface area contributed by atoms with Crippen LogP contribution < -0.4 is 14.6 Å². The first-order valence-electron chi connectivity index (χ1n) is 8.58. The summed E-state index contributed by atoms with van der Waals surface area (Å²) in [7, 11) is -3.66. The number of benzene rings is 2. The van der Waals surface area contributed by atoms with Gasteiger partial charge >= 0.3 is 0 Å². The van der Waals surface area contributed by atoms with Crippen molar-refractivity contribution in [1.29, 1.82) is 0 Å². The van der Waals surface area contributed by atoms with Gasteiger partial charge in [0.25, 0.3) is 15.8 Å². The molecule has 3 rings (SSSR count). The number of sulfonamides is 1. The van der Waals surface area contributed by atoms with Crippen LogP contribution in [0.2, 0.25) is 0 Å². The van der Waals surface area contributed by atoms with Gasteiger partial charge in [0.05, 0.1) is 5.69 Å². The molecule has 0 unspecified atom stereocenters. The smallest absolute Gasteiger partial charge is 0.270 e. The standard InChI is InChI=1S/C20H20FN3O2S/c1-2-24(18-6-4-3-5-7-18)27(25,26)19-12-13-20(23-15-19)22-14-16-8-10-17(21)11-9-16/h3-13,15H,2,14H2,1H3,(H,22,23)/p+1. The summed E-state index contributed by atoms with van der Waals surface area (Å²) in [5.41, 5.74) is 1.54. The molecule has 0 amide bonds. The Bertz CT molecular complexity index is 976. The van der Waals surface area contributed by atoms with Gasteiger partial charge in [0.15, 0.2) is 0 Å². The number of rotatable bonds is 7. The van der Waals surface area contributed by atoms with Gasteiger partial charge in [0, 0.05) is 12.6 Å². The minimum atomic E-state index is -3.66. The maximum Gasteiger partial charge on any atom is 0.272 e. The number of pyridine rings is 1. The highest BCUT2D eigenvalue weighted by atomic mass is 32.2. The zero-order chi connectivity index (χ0) is 19.3. The number of aromatic nitrogens is 1. The summed E-state index contributed by atoms with van der Waals surface area (Å²) in [6, 6.07) is 18.4. The van der Waals surface area contributed by atoms with Crippen LogP contribution in [-0.4, -0.2) is 15.0 Å². The maximum atomic E-state index is 12.9. The molecule has 0 bridgehead atoms. The van der Waals surface area contributed by atoms with Gasteiger partial charge in [-0.05, 0) is 42.8 Å². The minimum Gasteiger partial charge on any atom is -0.270 e. The van der Waals surface area contributed by atoms with Crippen LogP contribution in [0.4, 0.5) is 15.9 Å². The van der Waals surface area contributed by atoms with E-state index in [0.29, 0.717) is 24.6 Å². The highest BCUT2D eigenvalue weighted by Crippen LogP contribution is 2.22. The number of para-hydroxylation sites is 1. The molecule has 0 aliphatic carbocycles. The number of H-pyrrole nitrogens is 1. The Morgan fingerprint density at radius 3 is 2.30 bits per heavy atom. The fourth-order valence-electron chi connectivity index (χ4n) is 2.69. The van der Waals surface area contributed by atoms with Crippen molar-refractivity contribution in [1.82, 2.24) is 0 Å². The van der Waals surface area contributed by atoms with Gasteiger partial charge in [-0.3, -0.25) is 9.62 Å². The number of nitrogens with zero attached hydrogens (tertiary/aromatic N) is 1. The third kappa shape index (κ3) is 4.43. The van der Waals surface area contributed by atoms with Crippen molar-refractivity contribution in [3.8, 4) is 0 Å². The van der Waals surface area contributed by atoms with Crippen molar-refractivity contribution in [3.63, 3.8) is 0 Å². The molecule has 0 saturated heterocycles. The molecule has 2 N–H and O–H groups in total. The molecule has 5 nitrogen and oxygen atoms in total. The molecule has 140 valence electrons. The van der Waals surface area contributed by atoms with E-state index in [9.17, 15) is 12.8 Å². The molecule has 27 heavy (non-hydrogen) atoms. The third-order valence-corrected chi connectivity index (χ3v) is 6.00. The van der Waals surface area contributed by atoms with Crippen LogP contribution in [0, 0.1) is 5.82 Å². The molecule has 0 aliphatic heterocycles. The Labute approximate surface area is 158 Å². The molecular formula is C20H21FN3O2S+. The molecular weight excluding hydrogens is 365 g/mol. The Kier molecular flexibility index (Phi) is 5.71. The number of hydrogen-bond acceptors (Lipinski definition) is 3. The van der Waals surface area contributed by atoms with E-state index in [1.165, 1.54) is 22.6 Å². The first kappa shape index (κ1) is 18.8. The quantitative estimate of drug-likeness (QED) is 0.676. The lowest BCUT2D eigenvalue weighted by Gasteiger charge is -2.22. The van der Waals surface area contributed by atoms with Gasteiger partial charge in [-0.2, -0.15) is 0 Å². The monoisotopic (exact) mass is 386 g/mol. The Balaban J connectivity index is 1.74. The molecule has 7 heteroatoms. The van der Waals surface area contributed by atoms with Crippen LogP contribution in [0.15, 0.2) is 77.8 Å². The molecule has 0 fully saturated rings. The zero-order valence-corrected chi connectivity index (χ0v) is 15.7. The second-order valence-corrected chi connectivity index (χ2v) is 7.79. The number of nitrogens with one attached hydrogen (secondary N) is 2. The van der Waals surface area contributed by atoms with Gasteiger partial charge in [-0.15, -0.1) is 0 Å². The molecule has 0 spiro atoms. The molecule has 0 atom stereocenters. The van der Waals surface area contributed by atoms with E-state index >= 15 is 0 Å². The van der Waals surface area contributed by atoms with Gasteiger partial charge in [0.1, 0.15) is 23.5 Å². The lowest BCUT2D eigenvalue weighted by Crippen LogP contribution is -2.31. The van der Waals surface area contributed by atoms with E-state index in [4.69, 9.17) is 0 Å². The van der Waals surface area contributed by atoms with E-state index < -0.39 is 10.0 Å². The lowest BCUT2D eigenvalue weighted by atomic mass is 10.2. The van der Waals surface area contributed by atoms with Crippen LogP contribution in [0.3, 0.4) is 0 Å². The van der Waals surface area contributed by atoms with Crippen molar-refractivity contribution in [3.05, 3.63) is 84.3 Å². The average molecular weight is 386 g/mol. The van der Waals surface area contributed by atoms with Crippen LogP contribution in [-0.2, 0) is 16.6 Å². The molecule has 1 heterocycles. The van der Waals surface area contributed by atoms with Crippen LogP contribution in [0.1, 0.15) is 12.5 Å². The molecule has 2 aromatic carbocycles. The van der Waals surface area contributed by atoms with Gasteiger partial charge in [0.2, 0.25) is 0 Å². The predicted molar refractivity (Wildman–Crippen MR) is 103 cm³/mol. The number of hydrogen-bond donors (Lipinski definition) is 1. The summed E-state index contributed by atoms with van der Waals surface area (Å²) in [4.78, 5) is 3.15. The lowest BCUT2D eigenvalue weighted by molar-refractivity contribution is -0.364. The Hall–Kier alpha value is -2.93. The molecule has 0 saturated carbocycles. The topological polar surface area (TPSA) is 63.6 Å². The average Bonchev–Trinajstić information content (AvgIpc) is 2.69. The first-order chi connectivity index (χ1) is 13.0. The van der Waals surface area contributed by atoms with Gasteiger partial charge in [-0.1, -0.05) is 30.3 Å². The number of halogens is 1. The second-order valence-electron chi connectivity index (χ2n) is 5.92. The van der Waals surface area contributed by atoms with Crippen LogP contribution in [0.25, 0.3) is 0 Å². The fraction of sp³-hybridized carbons (Fsp3) is 0.150. The summed E-state index contributed by atoms with van der Waals surface area (Å²) in [6.45, 7) is 2.62. The van der Waals surface area contributed by atoms with Crippen molar-refractivity contribution >= 4 is 21.5 Å². The summed E-state index contributed by atoms with van der Waals surface area (Å²) >= 11 is 0. The Morgan fingerprint density at radius 2 is 1.70 bits per heavy atom. The SMILES string of the molecule is CCN(c1ccccc1)S(=O)(=O)c1ccc(NCc2ccc(F)cc2)[nH+]c1. The zero-order valence-electron chi connectivity index (χ0n) is 14.9. The Morgan fingerprint density at radius 1 is 1.00 bits per heavy atom. The van der Waals surface area contributed by atoms with Crippen molar-refractivity contribution in [2.24, 2.45) is 0 Å². The van der Waals surface area contributed by atoms with Crippen molar-refractivity contribution < 1.29 is 17.8 Å². The highest BCUT2D eigenvalue weighted by Gasteiger charge is 2.24. The summed E-state index contributed by atoms with van der Waals surface area (Å²) < 4.78 is 40.2. The van der Waals surface area contributed by atoms with Gasteiger partial charge < -0.3 is 0 Å². The summed E-state index contributed by atoms with van der Waals surface area (Å²) in [5, 5.41) is 3.15. The number of anilines is 2. The van der Waals surface area contributed by atoms with Crippen molar-refractivity contribution in [2.45, 2.75) is 18.4 Å². The normalized spacial score (nSPS) is 11.2. The van der Waals surface area contributed by atoms with E-state index in [1.54, 1.807) is 43.3 Å². The maximum absolute atomic E-state index is 12.9. The molecule has 0 aliphatic rings. The summed E-state index contributed by atoms with van der Waals surface area (Å²) in [6.07, 6.45) is 1.47. The van der Waals surface area contributed by atoms with E-state index in [0.717, 1.165) is 5.56 Å². The van der Waals surface area contributed by atoms with Crippen molar-refractivity contribution in [2.75, 3.05) is 16.2 Å². The molecule has 1 aromatic heterocycles. The second kappa shape index (κ2) is 8.18. The highest BCUT2D eigenvalue weighted by molar-refractivity contribution is 7.92. The first-order valence-corrected chi connectivity index (χ1v) is 10.0.